The summed E-state index contributed by atoms with van der Waals surface area (Å²) >= 11 is 3.86. The van der Waals surface area contributed by atoms with Gasteiger partial charge in [-0.3, -0.25) is 0 Å². The predicted octanol–water partition coefficient (Wildman–Crippen LogP) is 3.52. The van der Waals surface area contributed by atoms with Crippen LogP contribution in [0.3, 0.4) is 0 Å². The first-order valence-corrected chi connectivity index (χ1v) is 6.25. The minimum Gasteiger partial charge on any atom is -0.380 e. The summed E-state index contributed by atoms with van der Waals surface area (Å²) in [5, 5.41) is 10.1. The van der Waals surface area contributed by atoms with E-state index in [1.54, 1.807) is 18.4 Å². The third kappa shape index (κ3) is 2.00. The van der Waals surface area contributed by atoms with E-state index in [1.807, 2.05) is 12.1 Å². The zero-order valence-corrected chi connectivity index (χ0v) is 11.1. The summed E-state index contributed by atoms with van der Waals surface area (Å²) in [7, 11) is 1.68. The van der Waals surface area contributed by atoms with Crippen LogP contribution in [0, 0.1) is 14.2 Å². The predicted molar refractivity (Wildman–Crippen MR) is 70.0 cm³/mol. The summed E-state index contributed by atoms with van der Waals surface area (Å²) < 4.78 is 7.29. The van der Waals surface area contributed by atoms with Gasteiger partial charge in [0.1, 0.15) is 6.07 Å². The van der Waals surface area contributed by atoms with Crippen LogP contribution in [0.25, 0.3) is 10.1 Å². The summed E-state index contributed by atoms with van der Waals surface area (Å²) in [5.41, 5.74) is 1.94. The molecule has 4 heteroatoms. The zero-order chi connectivity index (χ0) is 10.8. The van der Waals surface area contributed by atoms with E-state index in [0.29, 0.717) is 6.61 Å². The molecule has 0 aliphatic heterocycles. The zero-order valence-electron chi connectivity index (χ0n) is 8.08. The molecule has 0 bridgehead atoms. The fraction of sp³-hybridized carbons (Fsp3) is 0.182. The molecule has 1 aromatic carbocycles. The van der Waals surface area contributed by atoms with Crippen molar-refractivity contribution in [3.63, 3.8) is 0 Å². The second-order valence-corrected chi connectivity index (χ2v) is 5.99. The highest BCUT2D eigenvalue weighted by molar-refractivity contribution is 14.1. The van der Waals surface area contributed by atoms with Gasteiger partial charge in [-0.15, -0.1) is 11.3 Å². The molecule has 0 aliphatic carbocycles. The van der Waals surface area contributed by atoms with Gasteiger partial charge in [0.25, 0.3) is 0 Å². The lowest BCUT2D eigenvalue weighted by molar-refractivity contribution is 0.185. The number of benzene rings is 1. The van der Waals surface area contributed by atoms with Crippen molar-refractivity contribution in [1.82, 2.24) is 0 Å². The monoisotopic (exact) mass is 329 g/mol. The molecule has 1 aromatic heterocycles. The standard InChI is InChI=1S/C11H8INOS/c1-14-6-7-2-3-8-9(5-13)11(12)15-10(8)4-7/h2-4H,6H2,1H3. The van der Waals surface area contributed by atoms with Crippen molar-refractivity contribution in [3.8, 4) is 6.07 Å². The number of ether oxygens (including phenoxy) is 1. The van der Waals surface area contributed by atoms with Gasteiger partial charge in [-0.05, 0) is 34.2 Å². The van der Waals surface area contributed by atoms with Crippen LogP contribution in [0.15, 0.2) is 18.2 Å². The number of hydrogen-bond acceptors (Lipinski definition) is 3. The fourth-order valence-electron chi connectivity index (χ4n) is 1.47. The van der Waals surface area contributed by atoms with Crippen LogP contribution in [-0.4, -0.2) is 7.11 Å². The third-order valence-electron chi connectivity index (χ3n) is 2.13. The molecule has 2 nitrogen and oxygen atoms in total. The van der Waals surface area contributed by atoms with Crippen LogP contribution in [0.1, 0.15) is 11.1 Å². The van der Waals surface area contributed by atoms with Crippen molar-refractivity contribution in [3.05, 3.63) is 32.2 Å². The Morgan fingerprint density at radius 3 is 3.00 bits per heavy atom. The van der Waals surface area contributed by atoms with Gasteiger partial charge in [0.15, 0.2) is 0 Å². The molecule has 0 atom stereocenters. The van der Waals surface area contributed by atoms with Crippen molar-refractivity contribution in [2.24, 2.45) is 0 Å². The van der Waals surface area contributed by atoms with Gasteiger partial charge in [-0.1, -0.05) is 12.1 Å². The topological polar surface area (TPSA) is 33.0 Å². The van der Waals surface area contributed by atoms with E-state index >= 15 is 0 Å². The van der Waals surface area contributed by atoms with Gasteiger partial charge in [-0.2, -0.15) is 5.26 Å². The summed E-state index contributed by atoms with van der Waals surface area (Å²) in [4.78, 5) is 0. The Kier molecular flexibility index (Phi) is 3.24. The normalized spacial score (nSPS) is 10.5. The third-order valence-corrected chi connectivity index (χ3v) is 4.28. The van der Waals surface area contributed by atoms with E-state index < -0.39 is 0 Å². The molecule has 0 amide bonds. The summed E-state index contributed by atoms with van der Waals surface area (Å²) in [6.07, 6.45) is 0. The molecule has 0 radical (unpaired) electrons. The number of rotatable bonds is 2. The van der Waals surface area contributed by atoms with Crippen LogP contribution in [0.4, 0.5) is 0 Å². The molecular weight excluding hydrogens is 321 g/mol. The molecule has 2 rings (SSSR count). The van der Waals surface area contributed by atoms with Crippen molar-refractivity contribution >= 4 is 44.0 Å². The van der Waals surface area contributed by atoms with E-state index in [4.69, 9.17) is 10.00 Å². The Morgan fingerprint density at radius 1 is 1.53 bits per heavy atom. The van der Waals surface area contributed by atoms with Gasteiger partial charge in [-0.25, -0.2) is 0 Å². The van der Waals surface area contributed by atoms with Crippen molar-refractivity contribution in [2.45, 2.75) is 6.61 Å². The van der Waals surface area contributed by atoms with Crippen LogP contribution < -0.4 is 0 Å². The molecule has 1 heterocycles. The quantitative estimate of drug-likeness (QED) is 0.790. The van der Waals surface area contributed by atoms with Gasteiger partial charge in [0, 0.05) is 17.2 Å². The molecule has 76 valence electrons. The number of nitriles is 1. The Morgan fingerprint density at radius 2 is 2.33 bits per heavy atom. The average Bonchev–Trinajstić information content (AvgIpc) is 2.53. The molecule has 0 N–H and O–H groups in total. The second kappa shape index (κ2) is 4.47. The van der Waals surface area contributed by atoms with Crippen molar-refractivity contribution in [1.29, 1.82) is 5.26 Å². The highest BCUT2D eigenvalue weighted by Gasteiger charge is 2.09. The molecule has 0 saturated carbocycles. The number of hydrogen-bond donors (Lipinski definition) is 0. The van der Waals surface area contributed by atoms with E-state index in [1.165, 1.54) is 0 Å². The fourth-order valence-corrected chi connectivity index (χ4v) is 3.54. The molecule has 0 unspecified atom stereocenters. The van der Waals surface area contributed by atoms with Crippen LogP contribution in [0.5, 0.6) is 0 Å². The van der Waals surface area contributed by atoms with Crippen LogP contribution in [0.2, 0.25) is 0 Å². The maximum Gasteiger partial charge on any atom is 0.102 e. The second-order valence-electron chi connectivity index (χ2n) is 3.13. The lowest BCUT2D eigenvalue weighted by Crippen LogP contribution is -1.85. The molecule has 0 aliphatic rings. The molecule has 0 spiro atoms. The minimum absolute atomic E-state index is 0.617. The Bertz CT molecular complexity index is 541. The largest absolute Gasteiger partial charge is 0.380 e. The first kappa shape index (κ1) is 10.9. The summed E-state index contributed by atoms with van der Waals surface area (Å²) in [5.74, 6) is 0. The molecule has 2 aromatic rings. The number of fused-ring (bicyclic) bond motifs is 1. The minimum atomic E-state index is 0.617. The van der Waals surface area contributed by atoms with Crippen LogP contribution in [-0.2, 0) is 11.3 Å². The van der Waals surface area contributed by atoms with E-state index in [2.05, 4.69) is 34.7 Å². The highest BCUT2D eigenvalue weighted by atomic mass is 127. The van der Waals surface area contributed by atoms with E-state index in [9.17, 15) is 0 Å². The molecule has 15 heavy (non-hydrogen) atoms. The van der Waals surface area contributed by atoms with Crippen LogP contribution >= 0.6 is 33.9 Å². The average molecular weight is 329 g/mol. The van der Waals surface area contributed by atoms with E-state index in [0.717, 1.165) is 24.1 Å². The molecule has 0 fully saturated rings. The van der Waals surface area contributed by atoms with Crippen molar-refractivity contribution in [2.75, 3.05) is 7.11 Å². The maximum atomic E-state index is 9.01. The first-order valence-electron chi connectivity index (χ1n) is 4.36. The van der Waals surface area contributed by atoms with Gasteiger partial charge in [0.2, 0.25) is 0 Å². The summed E-state index contributed by atoms with van der Waals surface area (Å²) in [6, 6.07) is 8.34. The first-order chi connectivity index (χ1) is 7.26. The maximum absolute atomic E-state index is 9.01. The van der Waals surface area contributed by atoms with Gasteiger partial charge < -0.3 is 4.74 Å². The SMILES string of the molecule is COCc1ccc2c(C#N)c(I)sc2c1. The molecule has 0 saturated heterocycles. The van der Waals surface area contributed by atoms with E-state index in [-0.39, 0.29) is 0 Å². The number of nitrogens with zero attached hydrogens (tertiary/aromatic N) is 1. The van der Waals surface area contributed by atoms with Crippen molar-refractivity contribution < 1.29 is 4.74 Å². The summed E-state index contributed by atoms with van der Waals surface area (Å²) in [6.45, 7) is 0.617. The number of halogens is 1. The Hall–Kier alpha value is -0.640. The Balaban J connectivity index is 2.60. The molecular formula is C11H8INOS. The smallest absolute Gasteiger partial charge is 0.102 e. The number of thiophene rings is 1. The Labute approximate surface area is 106 Å². The van der Waals surface area contributed by atoms with Gasteiger partial charge >= 0.3 is 0 Å². The number of methoxy groups -OCH3 is 1. The lowest BCUT2D eigenvalue weighted by Gasteiger charge is -1.98. The highest BCUT2D eigenvalue weighted by Crippen LogP contribution is 2.32. The lowest BCUT2D eigenvalue weighted by atomic mass is 10.1. The van der Waals surface area contributed by atoms with Gasteiger partial charge in [0.05, 0.1) is 15.1 Å².